The Morgan fingerprint density at radius 2 is 1.15 bits per heavy atom. The molecule has 5 aromatic carbocycles. The predicted molar refractivity (Wildman–Crippen MR) is 146 cm³/mol. The highest BCUT2D eigenvalue weighted by Crippen LogP contribution is 2.36. The molecular weight excluding hydrogens is 416 g/mol. The van der Waals surface area contributed by atoms with Crippen LogP contribution < -0.4 is 0 Å². The van der Waals surface area contributed by atoms with Crippen LogP contribution in [-0.2, 0) is 0 Å². The van der Waals surface area contributed by atoms with Gasteiger partial charge in [0.05, 0.1) is 0 Å². The van der Waals surface area contributed by atoms with Crippen molar-refractivity contribution >= 4 is 45.0 Å². The molecular formula is C32H22S. The zero-order chi connectivity index (χ0) is 22.0. The van der Waals surface area contributed by atoms with Gasteiger partial charge in [0.2, 0.25) is 0 Å². The second-order valence-corrected chi connectivity index (χ2v) is 9.18. The molecule has 0 spiro atoms. The third kappa shape index (κ3) is 3.77. The first-order valence-corrected chi connectivity index (χ1v) is 12.1. The van der Waals surface area contributed by atoms with E-state index in [-0.39, 0.29) is 0 Å². The molecule has 0 aliphatic rings. The summed E-state index contributed by atoms with van der Waals surface area (Å²) in [6, 6.07) is 41.5. The molecule has 0 aliphatic carbocycles. The molecule has 0 saturated carbocycles. The third-order valence-corrected chi connectivity index (χ3v) is 7.04. The normalized spacial score (nSPS) is 11.5. The fourth-order valence-corrected chi connectivity index (χ4v) is 5.23. The first-order valence-electron chi connectivity index (χ1n) is 11.2. The van der Waals surface area contributed by atoms with Crippen LogP contribution in [0, 0.1) is 0 Å². The molecule has 1 aromatic heterocycles. The van der Waals surface area contributed by atoms with E-state index < -0.39 is 0 Å². The van der Waals surface area contributed by atoms with Crippen LogP contribution >= 0.6 is 11.3 Å². The van der Waals surface area contributed by atoms with Gasteiger partial charge < -0.3 is 0 Å². The molecule has 33 heavy (non-hydrogen) atoms. The van der Waals surface area contributed by atoms with Gasteiger partial charge in [-0.25, -0.2) is 0 Å². The summed E-state index contributed by atoms with van der Waals surface area (Å²) in [5.41, 5.74) is 6.25. The summed E-state index contributed by atoms with van der Waals surface area (Å²) in [4.78, 5) is 1.26. The van der Waals surface area contributed by atoms with Gasteiger partial charge >= 0.3 is 0 Å². The molecule has 0 radical (unpaired) electrons. The quantitative estimate of drug-likeness (QED) is 0.257. The zero-order valence-electron chi connectivity index (χ0n) is 18.1. The molecule has 0 nitrogen and oxygen atoms in total. The molecule has 0 N–H and O–H groups in total. The van der Waals surface area contributed by atoms with Gasteiger partial charge in [-0.05, 0) is 73.0 Å². The van der Waals surface area contributed by atoms with E-state index in [0.29, 0.717) is 0 Å². The average molecular weight is 439 g/mol. The maximum atomic E-state index is 2.34. The second kappa shape index (κ2) is 8.54. The fraction of sp³-hybridized carbons (Fsp3) is 0. The van der Waals surface area contributed by atoms with Crippen molar-refractivity contribution in [2.24, 2.45) is 0 Å². The van der Waals surface area contributed by atoms with Crippen LogP contribution in [0.1, 0.15) is 10.4 Å². The summed E-state index contributed by atoms with van der Waals surface area (Å²) in [5, 5.41) is 7.22. The molecule has 0 unspecified atom stereocenters. The maximum absolute atomic E-state index is 2.34. The minimum Gasteiger partial charge on any atom is -0.144 e. The van der Waals surface area contributed by atoms with Crippen LogP contribution in [0.5, 0.6) is 0 Å². The predicted octanol–water partition coefficient (Wildman–Crippen LogP) is 9.56. The lowest BCUT2D eigenvalue weighted by Crippen LogP contribution is -1.88. The molecule has 0 bridgehead atoms. The highest BCUT2D eigenvalue weighted by molar-refractivity contribution is 7.10. The highest BCUT2D eigenvalue weighted by atomic mass is 32.1. The van der Waals surface area contributed by atoms with Gasteiger partial charge in [0.1, 0.15) is 0 Å². The van der Waals surface area contributed by atoms with Gasteiger partial charge in [-0.3, -0.25) is 0 Å². The number of rotatable bonds is 4. The van der Waals surface area contributed by atoms with Gasteiger partial charge in [-0.2, -0.15) is 0 Å². The van der Waals surface area contributed by atoms with Crippen LogP contribution in [-0.4, -0.2) is 0 Å². The number of fused-ring (bicyclic) bond motifs is 2. The molecule has 156 valence electrons. The maximum Gasteiger partial charge on any atom is 0.0270 e. The number of benzene rings is 5. The van der Waals surface area contributed by atoms with Crippen molar-refractivity contribution in [3.63, 3.8) is 0 Å². The van der Waals surface area contributed by atoms with E-state index in [9.17, 15) is 0 Å². The number of thiophene rings is 1. The molecule has 6 rings (SSSR count). The van der Waals surface area contributed by atoms with Crippen LogP contribution in [0.4, 0.5) is 0 Å². The van der Waals surface area contributed by atoms with Gasteiger partial charge in [-0.1, -0.05) is 109 Å². The van der Waals surface area contributed by atoms with Crippen molar-refractivity contribution < 1.29 is 0 Å². The van der Waals surface area contributed by atoms with E-state index in [4.69, 9.17) is 0 Å². The Bertz CT molecular complexity index is 1590. The summed E-state index contributed by atoms with van der Waals surface area (Å²) in [7, 11) is 0. The molecule has 0 saturated heterocycles. The largest absolute Gasteiger partial charge is 0.144 e. The SMILES string of the molecule is C(=C\c1cc(-c2cccc3ccccc23)ccc1-c1cccc2ccccc12)/c1cccs1. The minimum absolute atomic E-state index is 1.23. The number of hydrogen-bond acceptors (Lipinski definition) is 1. The Hall–Kier alpha value is -3.94. The summed E-state index contributed by atoms with van der Waals surface area (Å²) in [5.74, 6) is 0. The summed E-state index contributed by atoms with van der Waals surface area (Å²) in [6.07, 6.45) is 4.49. The lowest BCUT2D eigenvalue weighted by atomic mass is 9.90. The molecule has 0 aliphatic heterocycles. The topological polar surface area (TPSA) is 0 Å². The minimum atomic E-state index is 1.23. The zero-order valence-corrected chi connectivity index (χ0v) is 18.9. The first-order chi connectivity index (χ1) is 16.4. The molecule has 1 heteroatoms. The van der Waals surface area contributed by atoms with Crippen molar-refractivity contribution in [2.45, 2.75) is 0 Å². The van der Waals surface area contributed by atoms with Crippen LogP contribution in [0.15, 0.2) is 121 Å². The molecule has 0 fully saturated rings. The average Bonchev–Trinajstić information content (AvgIpc) is 3.40. The standard InChI is InChI=1S/C32H22S/c1-3-13-28-23(8-1)10-5-15-30(28)26-18-20-31(25(22-26)17-19-27-12-7-21-33-27)32-16-6-11-24-9-2-4-14-29(24)32/h1-22H/b19-17+. The van der Waals surface area contributed by atoms with E-state index in [1.807, 2.05) is 0 Å². The number of hydrogen-bond donors (Lipinski definition) is 0. The molecule has 6 aromatic rings. The van der Waals surface area contributed by atoms with E-state index in [1.54, 1.807) is 11.3 Å². The van der Waals surface area contributed by atoms with Crippen molar-refractivity contribution in [3.8, 4) is 22.3 Å². The van der Waals surface area contributed by atoms with Crippen LogP contribution in [0.3, 0.4) is 0 Å². The van der Waals surface area contributed by atoms with E-state index in [2.05, 4.69) is 133 Å². The Morgan fingerprint density at radius 1 is 0.485 bits per heavy atom. The van der Waals surface area contributed by atoms with Crippen LogP contribution in [0.25, 0.3) is 56.0 Å². The van der Waals surface area contributed by atoms with Crippen molar-refractivity contribution in [3.05, 3.63) is 131 Å². The molecule has 0 atom stereocenters. The lowest BCUT2D eigenvalue weighted by Gasteiger charge is -2.14. The van der Waals surface area contributed by atoms with Gasteiger partial charge in [0.15, 0.2) is 0 Å². The summed E-state index contributed by atoms with van der Waals surface area (Å²) < 4.78 is 0. The van der Waals surface area contributed by atoms with Gasteiger partial charge in [0, 0.05) is 4.88 Å². The molecule has 0 amide bonds. The third-order valence-electron chi connectivity index (χ3n) is 6.20. The van der Waals surface area contributed by atoms with Crippen molar-refractivity contribution in [2.75, 3.05) is 0 Å². The summed E-state index contributed by atoms with van der Waals surface area (Å²) >= 11 is 1.76. The van der Waals surface area contributed by atoms with Crippen molar-refractivity contribution in [1.82, 2.24) is 0 Å². The lowest BCUT2D eigenvalue weighted by molar-refractivity contribution is 1.60. The first kappa shape index (κ1) is 19.7. The van der Waals surface area contributed by atoms with Crippen molar-refractivity contribution in [1.29, 1.82) is 0 Å². The Balaban J connectivity index is 1.57. The second-order valence-electron chi connectivity index (χ2n) is 8.20. The Morgan fingerprint density at radius 3 is 1.88 bits per heavy atom. The molecule has 1 heterocycles. The van der Waals surface area contributed by atoms with Gasteiger partial charge in [-0.15, -0.1) is 11.3 Å². The van der Waals surface area contributed by atoms with Gasteiger partial charge in [0.25, 0.3) is 0 Å². The summed E-state index contributed by atoms with van der Waals surface area (Å²) in [6.45, 7) is 0. The highest BCUT2D eigenvalue weighted by Gasteiger charge is 2.11. The Labute approximate surface area is 198 Å². The van der Waals surface area contributed by atoms with E-state index >= 15 is 0 Å². The van der Waals surface area contributed by atoms with Crippen LogP contribution in [0.2, 0.25) is 0 Å². The van der Waals surface area contributed by atoms with E-state index in [0.717, 1.165) is 0 Å². The Kier molecular flexibility index (Phi) is 5.10. The van der Waals surface area contributed by atoms with E-state index in [1.165, 1.54) is 54.2 Å². The monoisotopic (exact) mass is 438 g/mol. The fourth-order valence-electron chi connectivity index (χ4n) is 4.61. The smallest absolute Gasteiger partial charge is 0.0270 e.